The van der Waals surface area contributed by atoms with Gasteiger partial charge in [0.1, 0.15) is 41.4 Å². The molecule has 4 heterocycles. The first-order valence-electron chi connectivity index (χ1n) is 7.76. The van der Waals surface area contributed by atoms with Gasteiger partial charge in [-0.2, -0.15) is 0 Å². The Morgan fingerprint density at radius 1 is 1.36 bits per heavy atom. The van der Waals surface area contributed by atoms with E-state index in [-0.39, 0.29) is 5.82 Å². The number of aliphatic hydroxyl groups excluding tert-OH is 3. The van der Waals surface area contributed by atoms with E-state index in [2.05, 4.69) is 9.97 Å². The average molecular weight is 346 g/mol. The molecule has 9 heteroatoms. The van der Waals surface area contributed by atoms with Gasteiger partial charge in [-0.3, -0.25) is 0 Å². The summed E-state index contributed by atoms with van der Waals surface area (Å²) in [7, 11) is 0. The summed E-state index contributed by atoms with van der Waals surface area (Å²) >= 11 is 0. The van der Waals surface area contributed by atoms with Crippen molar-refractivity contribution in [3.05, 3.63) is 30.9 Å². The average Bonchev–Trinajstić information content (AvgIpc) is 3.30. The van der Waals surface area contributed by atoms with Crippen LogP contribution in [0.1, 0.15) is 13.2 Å². The van der Waals surface area contributed by atoms with Crippen LogP contribution in [0.15, 0.2) is 35.3 Å². The van der Waals surface area contributed by atoms with Crippen LogP contribution in [-0.2, 0) is 4.74 Å². The van der Waals surface area contributed by atoms with Gasteiger partial charge in [-0.15, -0.1) is 0 Å². The number of furan rings is 1. The normalized spacial score (nSPS) is 29.5. The van der Waals surface area contributed by atoms with Crippen LogP contribution in [0.3, 0.4) is 0 Å². The zero-order valence-corrected chi connectivity index (χ0v) is 13.4. The summed E-state index contributed by atoms with van der Waals surface area (Å²) in [5, 5.41) is 30.8. The molecule has 3 aromatic rings. The molecule has 5 N–H and O–H groups in total. The van der Waals surface area contributed by atoms with E-state index in [1.807, 2.05) is 0 Å². The Labute approximate surface area is 142 Å². The molecule has 0 radical (unpaired) electrons. The summed E-state index contributed by atoms with van der Waals surface area (Å²) in [6, 6.07) is 3.51. The Morgan fingerprint density at radius 3 is 2.80 bits per heavy atom. The Kier molecular flexibility index (Phi) is 3.55. The second kappa shape index (κ2) is 5.53. The second-order valence-electron chi connectivity index (χ2n) is 6.30. The van der Waals surface area contributed by atoms with Gasteiger partial charge in [0.2, 0.25) is 0 Å². The van der Waals surface area contributed by atoms with Crippen molar-refractivity contribution < 1.29 is 24.5 Å². The maximum Gasteiger partial charge on any atom is 0.164 e. The van der Waals surface area contributed by atoms with E-state index in [1.165, 1.54) is 19.5 Å². The molecule has 1 aliphatic rings. The number of nitrogens with two attached hydrogens (primary N) is 1. The lowest BCUT2D eigenvalue weighted by Crippen LogP contribution is -2.43. The standard InChI is InChI=1S/C16H18N4O5/c1-16(6-21)12(23)11(22)15(25-16)20-5-8(9-3-2-4-24-9)10-13(17)18-7-19-14(10)20/h2-5,7,11-12,15,21-23H,6H2,1H3,(H2,17,18,19)/t11-,12+,15-,16-/m1/s1. The number of hydrogen-bond acceptors (Lipinski definition) is 8. The monoisotopic (exact) mass is 346 g/mol. The SMILES string of the molecule is C[C@]1(CO)O[C@@H](n2cc(-c3ccco3)c3c(N)ncnc32)[C@H](O)[C@@H]1O. The predicted octanol–water partition coefficient (Wildman–Crippen LogP) is 0.275. The summed E-state index contributed by atoms with van der Waals surface area (Å²) in [4.78, 5) is 8.26. The molecule has 0 saturated carbocycles. The summed E-state index contributed by atoms with van der Waals surface area (Å²) < 4.78 is 12.8. The van der Waals surface area contributed by atoms with E-state index in [0.29, 0.717) is 22.4 Å². The van der Waals surface area contributed by atoms with Gasteiger partial charge in [0, 0.05) is 11.8 Å². The topological polar surface area (TPSA) is 140 Å². The highest BCUT2D eigenvalue weighted by molar-refractivity contribution is 5.99. The van der Waals surface area contributed by atoms with E-state index in [1.54, 1.807) is 22.9 Å². The molecule has 0 aliphatic carbocycles. The minimum absolute atomic E-state index is 0.258. The molecule has 0 spiro atoms. The van der Waals surface area contributed by atoms with Crippen molar-refractivity contribution in [1.82, 2.24) is 14.5 Å². The lowest BCUT2D eigenvalue weighted by molar-refractivity contribution is -0.115. The minimum Gasteiger partial charge on any atom is -0.464 e. The third-order valence-corrected chi connectivity index (χ3v) is 4.64. The summed E-state index contributed by atoms with van der Waals surface area (Å²) in [5.74, 6) is 0.816. The van der Waals surface area contributed by atoms with E-state index in [9.17, 15) is 15.3 Å². The molecule has 4 atom stereocenters. The summed E-state index contributed by atoms with van der Waals surface area (Å²) in [6.07, 6.45) is 1.06. The van der Waals surface area contributed by atoms with Crippen LogP contribution in [0, 0.1) is 0 Å². The van der Waals surface area contributed by atoms with E-state index >= 15 is 0 Å². The first-order valence-corrected chi connectivity index (χ1v) is 7.76. The lowest BCUT2D eigenvalue weighted by Gasteiger charge is -2.24. The van der Waals surface area contributed by atoms with E-state index < -0.39 is 30.6 Å². The van der Waals surface area contributed by atoms with Crippen molar-refractivity contribution in [3.63, 3.8) is 0 Å². The third-order valence-electron chi connectivity index (χ3n) is 4.64. The van der Waals surface area contributed by atoms with Crippen molar-refractivity contribution >= 4 is 16.9 Å². The summed E-state index contributed by atoms with van der Waals surface area (Å²) in [5.41, 5.74) is 5.80. The van der Waals surface area contributed by atoms with Crippen molar-refractivity contribution in [1.29, 1.82) is 0 Å². The quantitative estimate of drug-likeness (QED) is 0.530. The molecular formula is C16H18N4O5. The van der Waals surface area contributed by atoms with Crippen molar-refractivity contribution in [2.75, 3.05) is 12.3 Å². The highest BCUT2D eigenvalue weighted by Gasteiger charge is 2.52. The Morgan fingerprint density at radius 2 is 2.16 bits per heavy atom. The zero-order valence-electron chi connectivity index (χ0n) is 13.4. The minimum atomic E-state index is -1.29. The van der Waals surface area contributed by atoms with E-state index in [4.69, 9.17) is 14.9 Å². The molecule has 9 nitrogen and oxygen atoms in total. The lowest BCUT2D eigenvalue weighted by atomic mass is 9.99. The third kappa shape index (κ3) is 2.24. The molecule has 0 aromatic carbocycles. The Hall–Kier alpha value is -2.46. The van der Waals surface area contributed by atoms with Gasteiger partial charge in [0.15, 0.2) is 6.23 Å². The number of aliphatic hydroxyl groups is 3. The van der Waals surface area contributed by atoms with Gasteiger partial charge in [-0.05, 0) is 19.1 Å². The largest absolute Gasteiger partial charge is 0.464 e. The van der Waals surface area contributed by atoms with Crippen LogP contribution >= 0.6 is 0 Å². The fraction of sp³-hybridized carbons (Fsp3) is 0.375. The van der Waals surface area contributed by atoms with Crippen molar-refractivity contribution in [2.24, 2.45) is 0 Å². The smallest absolute Gasteiger partial charge is 0.164 e. The number of fused-ring (bicyclic) bond motifs is 1. The zero-order chi connectivity index (χ0) is 17.8. The Bertz CT molecular complexity index is 909. The van der Waals surface area contributed by atoms with Crippen LogP contribution in [0.25, 0.3) is 22.4 Å². The fourth-order valence-electron chi connectivity index (χ4n) is 3.21. The number of ether oxygens (including phenoxy) is 1. The van der Waals surface area contributed by atoms with Crippen molar-refractivity contribution in [3.8, 4) is 11.3 Å². The molecule has 0 unspecified atom stereocenters. The fourth-order valence-corrected chi connectivity index (χ4v) is 3.21. The van der Waals surface area contributed by atoms with Gasteiger partial charge in [0.25, 0.3) is 0 Å². The number of aromatic nitrogens is 3. The molecule has 25 heavy (non-hydrogen) atoms. The van der Waals surface area contributed by atoms with Gasteiger partial charge in [-0.25, -0.2) is 9.97 Å². The maximum absolute atomic E-state index is 10.4. The highest BCUT2D eigenvalue weighted by atomic mass is 16.6. The van der Waals surface area contributed by atoms with Crippen LogP contribution in [0.5, 0.6) is 0 Å². The molecule has 4 rings (SSSR count). The molecule has 1 saturated heterocycles. The first-order chi connectivity index (χ1) is 12.0. The van der Waals surface area contributed by atoms with Gasteiger partial charge < -0.3 is 34.8 Å². The van der Waals surface area contributed by atoms with Gasteiger partial charge >= 0.3 is 0 Å². The predicted molar refractivity (Wildman–Crippen MR) is 87.3 cm³/mol. The molecule has 1 fully saturated rings. The number of anilines is 1. The van der Waals surface area contributed by atoms with Crippen LogP contribution < -0.4 is 5.73 Å². The number of rotatable bonds is 3. The second-order valence-corrected chi connectivity index (χ2v) is 6.30. The summed E-state index contributed by atoms with van der Waals surface area (Å²) in [6.45, 7) is 1.09. The first kappa shape index (κ1) is 16.0. The van der Waals surface area contributed by atoms with E-state index in [0.717, 1.165) is 0 Å². The Balaban J connectivity index is 1.91. The number of hydrogen-bond donors (Lipinski definition) is 4. The van der Waals surface area contributed by atoms with Gasteiger partial charge in [-0.1, -0.05) is 0 Å². The molecule has 1 aliphatic heterocycles. The molecule has 132 valence electrons. The molecule has 3 aromatic heterocycles. The number of nitrogens with zero attached hydrogens (tertiary/aromatic N) is 3. The highest BCUT2D eigenvalue weighted by Crippen LogP contribution is 2.41. The number of nitrogen functional groups attached to an aromatic ring is 1. The van der Waals surface area contributed by atoms with Crippen LogP contribution in [-0.4, -0.2) is 54.3 Å². The maximum atomic E-state index is 10.4. The van der Waals surface area contributed by atoms with Crippen molar-refractivity contribution in [2.45, 2.75) is 31.0 Å². The molecular weight excluding hydrogens is 328 g/mol. The van der Waals surface area contributed by atoms with Crippen LogP contribution in [0.2, 0.25) is 0 Å². The van der Waals surface area contributed by atoms with Crippen LogP contribution in [0.4, 0.5) is 5.82 Å². The van der Waals surface area contributed by atoms with Gasteiger partial charge in [0.05, 0.1) is 18.3 Å². The molecule has 0 amide bonds. The molecule has 0 bridgehead atoms.